The Labute approximate surface area is 135 Å². The van der Waals surface area contributed by atoms with Gasteiger partial charge in [-0.15, -0.1) is 0 Å². The van der Waals surface area contributed by atoms with Crippen molar-refractivity contribution in [2.45, 2.75) is 39.2 Å². The molecule has 0 radical (unpaired) electrons. The van der Waals surface area contributed by atoms with Gasteiger partial charge < -0.3 is 5.32 Å². The highest BCUT2D eigenvalue weighted by atomic mass is 79.9. The molecule has 1 heterocycles. The number of nitro benzene ring substituents is 1. The van der Waals surface area contributed by atoms with Gasteiger partial charge in [-0.25, -0.2) is 0 Å². The molecule has 0 spiro atoms. The van der Waals surface area contributed by atoms with Crippen LogP contribution in [0.1, 0.15) is 30.9 Å². The molecule has 6 heteroatoms. The number of nitrogens with zero attached hydrogens (tertiary/aromatic N) is 1. The fraction of sp³-hybridized carbons (Fsp3) is 0.571. The van der Waals surface area contributed by atoms with Gasteiger partial charge in [0.05, 0.1) is 4.92 Å². The zero-order valence-electron chi connectivity index (χ0n) is 11.6. The highest BCUT2D eigenvalue weighted by Crippen LogP contribution is 2.38. The first-order chi connectivity index (χ1) is 9.40. The molecule has 2 atom stereocenters. The minimum atomic E-state index is -0.289. The zero-order valence-corrected chi connectivity index (χ0v) is 14.8. The molecule has 2 unspecified atom stereocenters. The molecule has 4 nitrogen and oxygen atoms in total. The van der Waals surface area contributed by atoms with Crippen LogP contribution in [0.5, 0.6) is 0 Å². The Balaban J connectivity index is 2.31. The molecule has 0 bridgehead atoms. The standard InChI is InChI=1S/C14H18Br2N2O2/c1-8-3-4-10(17-7-8)6-11-9(2)5-12(15)13(16)14(11)18(19)20/h5,8,10,17H,3-4,6-7H2,1-2H3. The molecular formula is C14H18Br2N2O2. The summed E-state index contributed by atoms with van der Waals surface area (Å²) in [6, 6.07) is 2.27. The summed E-state index contributed by atoms with van der Waals surface area (Å²) in [6.45, 7) is 5.16. The smallest absolute Gasteiger partial charge is 0.288 e. The normalized spacial score (nSPS) is 22.8. The summed E-state index contributed by atoms with van der Waals surface area (Å²) in [5.74, 6) is 0.694. The predicted molar refractivity (Wildman–Crippen MR) is 87.1 cm³/mol. The van der Waals surface area contributed by atoms with Crippen LogP contribution in [0.15, 0.2) is 15.0 Å². The van der Waals surface area contributed by atoms with Crippen LogP contribution >= 0.6 is 31.9 Å². The third-order valence-corrected chi connectivity index (χ3v) is 5.88. The lowest BCUT2D eigenvalue weighted by molar-refractivity contribution is -0.386. The number of rotatable bonds is 3. The van der Waals surface area contributed by atoms with Crippen molar-refractivity contribution in [1.82, 2.24) is 5.32 Å². The van der Waals surface area contributed by atoms with E-state index in [1.165, 1.54) is 6.42 Å². The van der Waals surface area contributed by atoms with Gasteiger partial charge in [-0.05, 0) is 82.1 Å². The van der Waals surface area contributed by atoms with E-state index in [2.05, 4.69) is 44.1 Å². The van der Waals surface area contributed by atoms with E-state index >= 15 is 0 Å². The first-order valence-electron chi connectivity index (χ1n) is 6.75. The molecule has 1 aromatic carbocycles. The molecule has 1 saturated heterocycles. The average Bonchev–Trinajstić information content (AvgIpc) is 2.38. The Morgan fingerprint density at radius 3 is 2.70 bits per heavy atom. The van der Waals surface area contributed by atoms with Crippen LogP contribution in [-0.2, 0) is 6.42 Å². The summed E-state index contributed by atoms with van der Waals surface area (Å²) < 4.78 is 1.27. The zero-order chi connectivity index (χ0) is 14.9. The Morgan fingerprint density at radius 2 is 2.15 bits per heavy atom. The first kappa shape index (κ1) is 15.9. The Bertz CT molecular complexity index is 526. The second-order valence-electron chi connectivity index (χ2n) is 5.57. The van der Waals surface area contributed by atoms with E-state index in [4.69, 9.17) is 0 Å². The van der Waals surface area contributed by atoms with Crippen molar-refractivity contribution < 1.29 is 4.92 Å². The van der Waals surface area contributed by atoms with E-state index in [0.29, 0.717) is 22.9 Å². The van der Waals surface area contributed by atoms with E-state index in [1.54, 1.807) is 0 Å². The fourth-order valence-electron chi connectivity index (χ4n) is 2.70. The maximum absolute atomic E-state index is 11.4. The van der Waals surface area contributed by atoms with Crippen molar-refractivity contribution in [2.24, 2.45) is 5.92 Å². The minimum Gasteiger partial charge on any atom is -0.313 e. The van der Waals surface area contributed by atoms with Crippen LogP contribution in [0.3, 0.4) is 0 Å². The maximum atomic E-state index is 11.4. The van der Waals surface area contributed by atoms with Gasteiger partial charge in [0.1, 0.15) is 4.47 Å². The molecule has 20 heavy (non-hydrogen) atoms. The number of nitro groups is 1. The van der Waals surface area contributed by atoms with E-state index in [0.717, 1.165) is 28.6 Å². The van der Waals surface area contributed by atoms with Crippen LogP contribution < -0.4 is 5.32 Å². The van der Waals surface area contributed by atoms with E-state index in [9.17, 15) is 10.1 Å². The lowest BCUT2D eigenvalue weighted by Gasteiger charge is -2.28. The number of piperidine rings is 1. The minimum absolute atomic E-state index is 0.192. The second-order valence-corrected chi connectivity index (χ2v) is 7.21. The lowest BCUT2D eigenvalue weighted by atomic mass is 9.90. The van der Waals surface area contributed by atoms with E-state index in [1.807, 2.05) is 13.0 Å². The first-order valence-corrected chi connectivity index (χ1v) is 8.34. The summed E-state index contributed by atoms with van der Waals surface area (Å²) in [4.78, 5) is 11.1. The highest BCUT2D eigenvalue weighted by Gasteiger charge is 2.26. The average molecular weight is 406 g/mol. The number of hydrogen-bond acceptors (Lipinski definition) is 3. The number of hydrogen-bond donors (Lipinski definition) is 1. The summed E-state index contributed by atoms with van der Waals surface area (Å²) in [6.07, 6.45) is 2.97. The molecular weight excluding hydrogens is 388 g/mol. The van der Waals surface area contributed by atoms with Crippen molar-refractivity contribution >= 4 is 37.5 Å². The van der Waals surface area contributed by atoms with Gasteiger partial charge in [-0.1, -0.05) is 6.92 Å². The van der Waals surface area contributed by atoms with Gasteiger partial charge in [-0.3, -0.25) is 10.1 Å². The van der Waals surface area contributed by atoms with E-state index < -0.39 is 0 Å². The van der Waals surface area contributed by atoms with Crippen molar-refractivity contribution in [1.29, 1.82) is 0 Å². The molecule has 1 N–H and O–H groups in total. The van der Waals surface area contributed by atoms with Crippen molar-refractivity contribution in [3.63, 3.8) is 0 Å². The summed E-state index contributed by atoms with van der Waals surface area (Å²) in [5, 5.41) is 14.9. The Morgan fingerprint density at radius 1 is 1.45 bits per heavy atom. The summed E-state index contributed by atoms with van der Waals surface area (Å²) in [5.41, 5.74) is 1.99. The van der Waals surface area contributed by atoms with Crippen LogP contribution in [-0.4, -0.2) is 17.5 Å². The molecule has 1 aliphatic heterocycles. The monoisotopic (exact) mass is 404 g/mol. The Hall–Kier alpha value is -0.460. The number of benzene rings is 1. The van der Waals surface area contributed by atoms with Crippen LogP contribution in [0.25, 0.3) is 0 Å². The molecule has 1 fully saturated rings. The molecule has 0 aromatic heterocycles. The predicted octanol–water partition coefficient (Wildman–Crippen LogP) is 4.36. The number of nitrogens with one attached hydrogen (secondary N) is 1. The van der Waals surface area contributed by atoms with Gasteiger partial charge in [0.15, 0.2) is 0 Å². The van der Waals surface area contributed by atoms with Gasteiger partial charge in [0.25, 0.3) is 5.69 Å². The number of aryl methyl sites for hydroxylation is 1. The highest BCUT2D eigenvalue weighted by molar-refractivity contribution is 9.13. The molecule has 1 aromatic rings. The van der Waals surface area contributed by atoms with E-state index in [-0.39, 0.29) is 10.6 Å². The molecule has 110 valence electrons. The van der Waals surface area contributed by atoms with Gasteiger partial charge in [0, 0.05) is 16.1 Å². The van der Waals surface area contributed by atoms with Crippen LogP contribution in [0.2, 0.25) is 0 Å². The van der Waals surface area contributed by atoms with Crippen molar-refractivity contribution in [3.05, 3.63) is 36.3 Å². The van der Waals surface area contributed by atoms with Gasteiger partial charge in [0.2, 0.25) is 0 Å². The summed E-state index contributed by atoms with van der Waals surface area (Å²) >= 11 is 6.70. The SMILES string of the molecule is Cc1cc(Br)c(Br)c([N+](=O)[O-])c1CC1CCC(C)CN1. The van der Waals surface area contributed by atoms with Gasteiger partial charge in [-0.2, -0.15) is 0 Å². The molecule has 1 aliphatic rings. The third kappa shape index (κ3) is 3.40. The van der Waals surface area contributed by atoms with Crippen molar-refractivity contribution in [3.8, 4) is 0 Å². The Kier molecular flexibility index (Phi) is 5.20. The largest absolute Gasteiger partial charge is 0.313 e. The third-order valence-electron chi connectivity index (χ3n) is 3.92. The topological polar surface area (TPSA) is 55.2 Å². The van der Waals surface area contributed by atoms with Crippen LogP contribution in [0.4, 0.5) is 5.69 Å². The molecule has 0 aliphatic carbocycles. The number of halogens is 2. The van der Waals surface area contributed by atoms with Crippen molar-refractivity contribution in [2.75, 3.05) is 6.54 Å². The van der Waals surface area contributed by atoms with Crippen LogP contribution in [0, 0.1) is 23.0 Å². The maximum Gasteiger partial charge on any atom is 0.288 e. The molecule has 2 rings (SSSR count). The lowest BCUT2D eigenvalue weighted by Crippen LogP contribution is -2.39. The fourth-order valence-corrected chi connectivity index (χ4v) is 3.73. The molecule has 0 saturated carbocycles. The molecule has 0 amide bonds. The summed E-state index contributed by atoms with van der Waals surface area (Å²) in [7, 11) is 0. The quantitative estimate of drug-likeness (QED) is 0.600. The van der Waals surface area contributed by atoms with Gasteiger partial charge >= 0.3 is 0 Å². The second kappa shape index (κ2) is 6.54.